The number of rotatable bonds is 0. The predicted octanol–water partition coefficient (Wildman–Crippen LogP) is 1.15. The zero-order valence-corrected chi connectivity index (χ0v) is 5.41. The number of hydrogen-bond acceptors (Lipinski definition) is 1. The Hall–Kier alpha value is -0.0400. The van der Waals surface area contributed by atoms with Crippen LogP contribution in [0.5, 0.6) is 0 Å². The highest BCUT2D eigenvalue weighted by Gasteiger charge is 2.51. The molecule has 2 fully saturated rings. The Balaban J connectivity index is 2.06. The van der Waals surface area contributed by atoms with Crippen molar-refractivity contribution >= 4 is 0 Å². The van der Waals surface area contributed by atoms with Crippen LogP contribution in [0.3, 0.4) is 0 Å². The zero-order chi connectivity index (χ0) is 5.61. The molecular weight excluding hydrogens is 98.1 g/mol. The van der Waals surface area contributed by atoms with Gasteiger partial charge in [0.05, 0.1) is 0 Å². The average molecular weight is 111 g/mol. The highest BCUT2D eigenvalue weighted by atomic mass is 15.1. The van der Waals surface area contributed by atoms with Crippen LogP contribution >= 0.6 is 0 Å². The van der Waals surface area contributed by atoms with E-state index in [2.05, 4.69) is 12.2 Å². The molecule has 0 amide bonds. The Morgan fingerprint density at radius 3 is 2.62 bits per heavy atom. The van der Waals surface area contributed by atoms with Crippen molar-refractivity contribution in [1.29, 1.82) is 0 Å². The molecule has 0 aromatic heterocycles. The lowest BCUT2D eigenvalue weighted by Crippen LogP contribution is -2.24. The maximum absolute atomic E-state index is 3.56. The van der Waals surface area contributed by atoms with Crippen molar-refractivity contribution in [3.63, 3.8) is 0 Å². The molecule has 2 aliphatic rings. The van der Waals surface area contributed by atoms with Crippen molar-refractivity contribution in [1.82, 2.24) is 5.32 Å². The molecule has 1 nitrogen and oxygen atoms in total. The molecule has 46 valence electrons. The van der Waals surface area contributed by atoms with Gasteiger partial charge in [-0.25, -0.2) is 0 Å². The average Bonchev–Trinajstić information content (AvgIpc) is 2.29. The Morgan fingerprint density at radius 1 is 1.62 bits per heavy atom. The quantitative estimate of drug-likeness (QED) is 0.494. The van der Waals surface area contributed by atoms with Crippen LogP contribution in [0.2, 0.25) is 0 Å². The molecule has 1 N–H and O–H groups in total. The van der Waals surface area contributed by atoms with Gasteiger partial charge in [-0.3, -0.25) is 0 Å². The lowest BCUT2D eigenvalue weighted by atomic mass is 10.2. The Labute approximate surface area is 50.5 Å². The predicted molar refractivity (Wildman–Crippen MR) is 33.7 cm³/mol. The smallest absolute Gasteiger partial charge is 0.0211 e. The zero-order valence-electron chi connectivity index (χ0n) is 5.41. The maximum atomic E-state index is 3.56. The maximum Gasteiger partial charge on any atom is 0.0211 e. The molecule has 0 aromatic carbocycles. The molecule has 1 saturated heterocycles. The van der Waals surface area contributed by atoms with Gasteiger partial charge in [0.25, 0.3) is 0 Å². The minimum Gasteiger partial charge on any atom is -0.311 e. The van der Waals surface area contributed by atoms with Crippen molar-refractivity contribution < 1.29 is 0 Å². The first kappa shape index (κ1) is 4.80. The van der Waals surface area contributed by atoms with Crippen LogP contribution in [-0.2, 0) is 0 Å². The van der Waals surface area contributed by atoms with Crippen LogP contribution in [0, 0.1) is 5.92 Å². The topological polar surface area (TPSA) is 12.0 Å². The van der Waals surface area contributed by atoms with Gasteiger partial charge in [-0.1, -0.05) is 6.92 Å². The molecule has 1 heteroatoms. The van der Waals surface area contributed by atoms with E-state index in [1.807, 2.05) is 0 Å². The van der Waals surface area contributed by atoms with E-state index in [0.29, 0.717) is 5.54 Å². The van der Waals surface area contributed by atoms with Crippen LogP contribution in [0.25, 0.3) is 0 Å². The van der Waals surface area contributed by atoms with E-state index in [9.17, 15) is 0 Å². The van der Waals surface area contributed by atoms with Crippen molar-refractivity contribution in [2.75, 3.05) is 6.54 Å². The van der Waals surface area contributed by atoms with Gasteiger partial charge in [0.2, 0.25) is 0 Å². The lowest BCUT2D eigenvalue weighted by Gasteiger charge is -2.04. The van der Waals surface area contributed by atoms with E-state index in [4.69, 9.17) is 0 Å². The summed E-state index contributed by atoms with van der Waals surface area (Å²) in [5.74, 6) is 0.977. The summed E-state index contributed by atoms with van der Waals surface area (Å²) in [6, 6.07) is 0. The van der Waals surface area contributed by atoms with E-state index < -0.39 is 0 Å². The lowest BCUT2D eigenvalue weighted by molar-refractivity contribution is 0.553. The van der Waals surface area contributed by atoms with Gasteiger partial charge in [0.15, 0.2) is 0 Å². The molecule has 1 saturated carbocycles. The molecule has 0 aromatic rings. The van der Waals surface area contributed by atoms with E-state index in [1.54, 1.807) is 0 Å². The van der Waals surface area contributed by atoms with Crippen LogP contribution in [0.4, 0.5) is 0 Å². The summed E-state index contributed by atoms with van der Waals surface area (Å²) in [6.07, 6.45) is 4.28. The van der Waals surface area contributed by atoms with E-state index >= 15 is 0 Å². The van der Waals surface area contributed by atoms with Gasteiger partial charge in [-0.05, 0) is 31.7 Å². The normalized spacial score (nSPS) is 52.9. The van der Waals surface area contributed by atoms with Gasteiger partial charge in [0.1, 0.15) is 0 Å². The fourth-order valence-electron chi connectivity index (χ4n) is 1.91. The van der Waals surface area contributed by atoms with E-state index in [1.165, 1.54) is 25.8 Å². The number of nitrogens with one attached hydrogen (secondary N) is 1. The highest BCUT2D eigenvalue weighted by Crippen LogP contribution is 2.48. The Kier molecular flexibility index (Phi) is 0.762. The summed E-state index contributed by atoms with van der Waals surface area (Å²) in [5, 5.41) is 3.56. The summed E-state index contributed by atoms with van der Waals surface area (Å²) in [7, 11) is 0. The standard InChI is InChI=1S/C7H13N/c1-6-5-7(6)3-2-4-8-7/h6,8H,2-5H2,1H3. The second-order valence-corrected chi connectivity index (χ2v) is 3.29. The summed E-state index contributed by atoms with van der Waals surface area (Å²) >= 11 is 0. The first-order valence-electron chi connectivity index (χ1n) is 3.58. The third-order valence-electron chi connectivity index (χ3n) is 2.73. The van der Waals surface area contributed by atoms with Crippen LogP contribution in [0.1, 0.15) is 26.2 Å². The van der Waals surface area contributed by atoms with Gasteiger partial charge in [-0.2, -0.15) is 0 Å². The van der Waals surface area contributed by atoms with Crippen molar-refractivity contribution in [2.24, 2.45) is 5.92 Å². The summed E-state index contributed by atoms with van der Waals surface area (Å²) in [4.78, 5) is 0. The molecule has 0 radical (unpaired) electrons. The van der Waals surface area contributed by atoms with Gasteiger partial charge in [-0.15, -0.1) is 0 Å². The summed E-state index contributed by atoms with van der Waals surface area (Å²) in [6.45, 7) is 3.61. The molecule has 1 heterocycles. The third kappa shape index (κ3) is 0.455. The first-order chi connectivity index (χ1) is 3.83. The van der Waals surface area contributed by atoms with Gasteiger partial charge < -0.3 is 5.32 Å². The van der Waals surface area contributed by atoms with Crippen LogP contribution in [0.15, 0.2) is 0 Å². The fraction of sp³-hybridized carbons (Fsp3) is 1.00. The summed E-state index contributed by atoms with van der Waals surface area (Å²) in [5.41, 5.74) is 0.653. The minimum atomic E-state index is 0.653. The number of hydrogen-bond donors (Lipinski definition) is 1. The summed E-state index contributed by atoms with van der Waals surface area (Å²) < 4.78 is 0. The largest absolute Gasteiger partial charge is 0.311 e. The molecule has 8 heavy (non-hydrogen) atoms. The van der Waals surface area contributed by atoms with Crippen LogP contribution < -0.4 is 5.32 Å². The molecule has 2 atom stereocenters. The van der Waals surface area contributed by atoms with E-state index in [0.717, 1.165) is 5.92 Å². The molecule has 2 unspecified atom stereocenters. The van der Waals surface area contributed by atoms with Gasteiger partial charge in [0, 0.05) is 5.54 Å². The Bertz CT molecular complexity index is 103. The molecular formula is C7H13N. The van der Waals surface area contributed by atoms with Crippen molar-refractivity contribution in [3.05, 3.63) is 0 Å². The van der Waals surface area contributed by atoms with Crippen molar-refractivity contribution in [3.8, 4) is 0 Å². The fourth-order valence-corrected chi connectivity index (χ4v) is 1.91. The monoisotopic (exact) mass is 111 g/mol. The second kappa shape index (κ2) is 1.27. The van der Waals surface area contributed by atoms with Crippen LogP contribution in [-0.4, -0.2) is 12.1 Å². The Morgan fingerprint density at radius 2 is 2.38 bits per heavy atom. The van der Waals surface area contributed by atoms with Crippen molar-refractivity contribution in [2.45, 2.75) is 31.7 Å². The third-order valence-corrected chi connectivity index (χ3v) is 2.73. The minimum absolute atomic E-state index is 0.653. The molecule has 2 rings (SSSR count). The SMILES string of the molecule is CC1CC12CCCN2. The molecule has 1 aliphatic carbocycles. The van der Waals surface area contributed by atoms with Gasteiger partial charge >= 0.3 is 0 Å². The first-order valence-corrected chi connectivity index (χ1v) is 3.58. The highest BCUT2D eigenvalue weighted by molar-refractivity contribution is 5.10. The molecule has 1 spiro atoms. The van der Waals surface area contributed by atoms with E-state index in [-0.39, 0.29) is 0 Å². The molecule has 1 aliphatic heterocycles. The molecule has 0 bridgehead atoms. The second-order valence-electron chi connectivity index (χ2n) is 3.29.